The summed E-state index contributed by atoms with van der Waals surface area (Å²) in [5.74, 6) is -1.68. The molecule has 2 aromatic rings. The summed E-state index contributed by atoms with van der Waals surface area (Å²) in [6, 6.07) is 5.57. The van der Waals surface area contributed by atoms with Crippen LogP contribution in [-0.2, 0) is 16.0 Å². The number of aromatic nitrogens is 1. The number of nitrogens with zero attached hydrogens (tertiary/aromatic N) is 1. The molecule has 1 amide bonds. The van der Waals surface area contributed by atoms with Gasteiger partial charge in [0.2, 0.25) is 11.8 Å². The lowest BCUT2D eigenvalue weighted by Gasteiger charge is -1.98. The van der Waals surface area contributed by atoms with E-state index in [9.17, 15) is 14.0 Å². The van der Waals surface area contributed by atoms with Crippen LogP contribution in [0.3, 0.4) is 0 Å². The normalized spacial score (nSPS) is 10.2. The van der Waals surface area contributed by atoms with Crippen LogP contribution in [0.2, 0.25) is 0 Å². The molecule has 104 valence electrons. The van der Waals surface area contributed by atoms with Crippen molar-refractivity contribution in [2.75, 3.05) is 6.54 Å². The molecular formula is C13H11FN2O4. The third kappa shape index (κ3) is 3.64. The number of carboxylic acid groups (broad SMARTS) is 1. The number of carboxylic acids is 1. The lowest BCUT2D eigenvalue weighted by Crippen LogP contribution is -2.30. The highest BCUT2D eigenvalue weighted by atomic mass is 19.1. The molecule has 0 saturated carbocycles. The van der Waals surface area contributed by atoms with Crippen LogP contribution in [0.1, 0.15) is 5.69 Å². The van der Waals surface area contributed by atoms with Crippen molar-refractivity contribution in [2.24, 2.45) is 0 Å². The summed E-state index contributed by atoms with van der Waals surface area (Å²) in [4.78, 5) is 25.8. The van der Waals surface area contributed by atoms with Crippen LogP contribution < -0.4 is 5.32 Å². The second-order valence-corrected chi connectivity index (χ2v) is 4.00. The predicted molar refractivity (Wildman–Crippen MR) is 66.2 cm³/mol. The Morgan fingerprint density at radius 3 is 2.65 bits per heavy atom. The molecule has 0 bridgehead atoms. The van der Waals surface area contributed by atoms with Crippen LogP contribution in [0, 0.1) is 5.82 Å². The van der Waals surface area contributed by atoms with Crippen LogP contribution in [0.25, 0.3) is 11.5 Å². The SMILES string of the molecule is O=C(O)CNC(=O)Cc1coc(-c2ccc(F)cc2)n1. The molecule has 0 unspecified atom stereocenters. The highest BCUT2D eigenvalue weighted by Crippen LogP contribution is 2.18. The molecule has 0 fully saturated rings. The Hall–Kier alpha value is -2.70. The van der Waals surface area contributed by atoms with Crippen molar-refractivity contribution < 1.29 is 23.5 Å². The maximum Gasteiger partial charge on any atom is 0.322 e. The standard InChI is InChI=1S/C13H11FN2O4/c14-9-3-1-8(2-4-9)13-16-10(7-20-13)5-11(17)15-6-12(18)19/h1-4,7H,5-6H2,(H,15,17)(H,18,19). The number of carbonyl (C=O) groups excluding carboxylic acids is 1. The fraction of sp³-hybridized carbons (Fsp3) is 0.154. The monoisotopic (exact) mass is 278 g/mol. The Labute approximate surface area is 113 Å². The van der Waals surface area contributed by atoms with Crippen molar-refractivity contribution in [3.63, 3.8) is 0 Å². The van der Waals surface area contributed by atoms with Crippen molar-refractivity contribution in [3.05, 3.63) is 42.0 Å². The number of benzene rings is 1. The van der Waals surface area contributed by atoms with Crippen LogP contribution in [0.15, 0.2) is 34.9 Å². The second kappa shape index (κ2) is 5.96. The van der Waals surface area contributed by atoms with E-state index in [2.05, 4.69) is 10.3 Å². The first-order chi connectivity index (χ1) is 9.54. The molecular weight excluding hydrogens is 267 g/mol. The number of oxazole rings is 1. The first kappa shape index (κ1) is 13.7. The molecule has 1 aromatic carbocycles. The Kier molecular flexibility index (Phi) is 4.09. The van der Waals surface area contributed by atoms with Crippen molar-refractivity contribution >= 4 is 11.9 Å². The number of halogens is 1. The smallest absolute Gasteiger partial charge is 0.322 e. The molecule has 7 heteroatoms. The summed E-state index contributed by atoms with van der Waals surface area (Å²) in [6.45, 7) is -0.443. The maximum absolute atomic E-state index is 12.8. The molecule has 1 heterocycles. The van der Waals surface area contributed by atoms with Gasteiger partial charge in [-0.15, -0.1) is 0 Å². The fourth-order valence-electron chi connectivity index (χ4n) is 1.51. The topological polar surface area (TPSA) is 92.4 Å². The molecule has 20 heavy (non-hydrogen) atoms. The van der Waals surface area contributed by atoms with E-state index in [1.165, 1.54) is 30.5 Å². The minimum Gasteiger partial charge on any atom is -0.480 e. The van der Waals surface area contributed by atoms with Gasteiger partial charge in [0.1, 0.15) is 18.6 Å². The Balaban J connectivity index is 2.00. The van der Waals surface area contributed by atoms with Crippen molar-refractivity contribution in [1.29, 1.82) is 0 Å². The molecule has 1 aromatic heterocycles. The number of hydrogen-bond acceptors (Lipinski definition) is 4. The van der Waals surface area contributed by atoms with Gasteiger partial charge in [-0.1, -0.05) is 0 Å². The first-order valence-corrected chi connectivity index (χ1v) is 5.73. The highest BCUT2D eigenvalue weighted by molar-refractivity contribution is 5.82. The Morgan fingerprint density at radius 1 is 1.30 bits per heavy atom. The van der Waals surface area contributed by atoms with Crippen LogP contribution in [0.5, 0.6) is 0 Å². The molecule has 0 radical (unpaired) electrons. The van der Waals surface area contributed by atoms with E-state index in [-0.39, 0.29) is 18.1 Å². The molecule has 0 aliphatic heterocycles. The third-order valence-electron chi connectivity index (χ3n) is 2.42. The van der Waals surface area contributed by atoms with Crippen LogP contribution in [0.4, 0.5) is 4.39 Å². The quantitative estimate of drug-likeness (QED) is 0.858. The summed E-state index contributed by atoms with van der Waals surface area (Å²) in [7, 11) is 0. The van der Waals surface area contributed by atoms with E-state index in [1.807, 2.05) is 0 Å². The summed E-state index contributed by atoms with van der Waals surface area (Å²) in [5, 5.41) is 10.6. The van der Waals surface area contributed by atoms with Gasteiger partial charge in [-0.05, 0) is 24.3 Å². The van der Waals surface area contributed by atoms with E-state index in [1.54, 1.807) is 0 Å². The van der Waals surface area contributed by atoms with Crippen molar-refractivity contribution in [3.8, 4) is 11.5 Å². The van der Waals surface area contributed by atoms with Gasteiger partial charge in [-0.2, -0.15) is 0 Å². The van der Waals surface area contributed by atoms with Gasteiger partial charge >= 0.3 is 5.97 Å². The van der Waals surface area contributed by atoms with Gasteiger partial charge in [0.15, 0.2) is 0 Å². The number of aliphatic carboxylic acids is 1. The molecule has 0 spiro atoms. The highest BCUT2D eigenvalue weighted by Gasteiger charge is 2.11. The zero-order valence-corrected chi connectivity index (χ0v) is 10.3. The second-order valence-electron chi connectivity index (χ2n) is 4.00. The van der Waals surface area contributed by atoms with E-state index < -0.39 is 18.4 Å². The van der Waals surface area contributed by atoms with Crippen molar-refractivity contribution in [2.45, 2.75) is 6.42 Å². The largest absolute Gasteiger partial charge is 0.480 e. The third-order valence-corrected chi connectivity index (χ3v) is 2.42. The summed E-state index contributed by atoms with van der Waals surface area (Å²) < 4.78 is 18.0. The molecule has 6 nitrogen and oxygen atoms in total. The van der Waals surface area contributed by atoms with Gasteiger partial charge in [0, 0.05) is 5.56 Å². The van der Waals surface area contributed by atoms with Crippen LogP contribution in [-0.4, -0.2) is 28.5 Å². The summed E-state index contributed by atoms with van der Waals surface area (Å²) in [5.41, 5.74) is 0.954. The average molecular weight is 278 g/mol. The number of nitrogens with one attached hydrogen (secondary N) is 1. The number of hydrogen-bond donors (Lipinski definition) is 2. The molecule has 2 rings (SSSR count). The lowest BCUT2D eigenvalue weighted by molar-refractivity contribution is -0.137. The van der Waals surface area contributed by atoms with Crippen LogP contribution >= 0.6 is 0 Å². The minimum atomic E-state index is -1.12. The van der Waals surface area contributed by atoms with Gasteiger partial charge in [0.05, 0.1) is 12.1 Å². The molecule has 0 aliphatic rings. The number of rotatable bonds is 5. The zero-order valence-electron chi connectivity index (χ0n) is 10.3. The zero-order chi connectivity index (χ0) is 14.5. The Bertz CT molecular complexity index is 622. The minimum absolute atomic E-state index is 0.0853. The summed E-state index contributed by atoms with van der Waals surface area (Å²) in [6.07, 6.45) is 1.22. The average Bonchev–Trinajstić information content (AvgIpc) is 2.85. The van der Waals surface area contributed by atoms with Gasteiger partial charge in [-0.3, -0.25) is 9.59 Å². The molecule has 0 saturated heterocycles. The molecule has 0 atom stereocenters. The lowest BCUT2D eigenvalue weighted by atomic mass is 10.2. The summed E-state index contributed by atoms with van der Waals surface area (Å²) >= 11 is 0. The Morgan fingerprint density at radius 2 is 2.00 bits per heavy atom. The van der Waals surface area contributed by atoms with Crippen molar-refractivity contribution in [1.82, 2.24) is 10.3 Å². The van der Waals surface area contributed by atoms with Gasteiger partial charge in [-0.25, -0.2) is 9.37 Å². The first-order valence-electron chi connectivity index (χ1n) is 5.73. The fourth-order valence-corrected chi connectivity index (χ4v) is 1.51. The number of amides is 1. The molecule has 2 N–H and O–H groups in total. The molecule has 0 aliphatic carbocycles. The van der Waals surface area contributed by atoms with E-state index in [0.717, 1.165) is 0 Å². The van der Waals surface area contributed by atoms with Gasteiger partial charge < -0.3 is 14.8 Å². The predicted octanol–water partition coefficient (Wildman–Crippen LogP) is 1.22. The van der Waals surface area contributed by atoms with E-state index in [4.69, 9.17) is 9.52 Å². The number of carbonyl (C=O) groups is 2. The van der Waals surface area contributed by atoms with Gasteiger partial charge in [0.25, 0.3) is 0 Å². The van der Waals surface area contributed by atoms with E-state index >= 15 is 0 Å². The van der Waals surface area contributed by atoms with E-state index in [0.29, 0.717) is 11.3 Å². The maximum atomic E-state index is 12.8.